The van der Waals surface area contributed by atoms with Crippen molar-refractivity contribution in [1.82, 2.24) is 0 Å². The summed E-state index contributed by atoms with van der Waals surface area (Å²) in [6.45, 7) is 2.11. The fourth-order valence-electron chi connectivity index (χ4n) is 2.42. The molecule has 1 unspecified atom stereocenters. The van der Waals surface area contributed by atoms with Gasteiger partial charge in [0.15, 0.2) is 11.5 Å². The fourth-order valence-corrected chi connectivity index (χ4v) is 2.97. The molecule has 106 valence electrons. The molecule has 1 aromatic carbocycles. The Hall–Kier alpha value is -0.740. The van der Waals surface area contributed by atoms with E-state index in [9.17, 15) is 5.11 Å². The molecule has 0 saturated heterocycles. The summed E-state index contributed by atoms with van der Waals surface area (Å²) in [4.78, 5) is 0. The van der Waals surface area contributed by atoms with Gasteiger partial charge in [-0.2, -0.15) is 0 Å². The molecule has 0 aliphatic heterocycles. The molecule has 4 heteroatoms. The second kappa shape index (κ2) is 6.62. The van der Waals surface area contributed by atoms with Crippen molar-refractivity contribution in [1.29, 1.82) is 0 Å². The van der Waals surface area contributed by atoms with Crippen LogP contribution in [-0.2, 0) is 0 Å². The average molecular weight is 329 g/mol. The van der Waals surface area contributed by atoms with Crippen LogP contribution in [0.1, 0.15) is 44.1 Å². The van der Waals surface area contributed by atoms with Crippen molar-refractivity contribution < 1.29 is 14.6 Å². The molecule has 1 saturated carbocycles. The Bertz CT molecular complexity index is 428. The smallest absolute Gasteiger partial charge is 0.175 e. The van der Waals surface area contributed by atoms with Gasteiger partial charge in [-0.25, -0.2) is 0 Å². The number of ether oxygens (including phenoxy) is 2. The molecule has 0 bridgehead atoms. The lowest BCUT2D eigenvalue weighted by Gasteiger charge is -2.19. The molecule has 1 aromatic rings. The minimum absolute atomic E-state index is 0.0886. The lowest BCUT2D eigenvalue weighted by atomic mass is 10.0. The first-order valence-corrected chi connectivity index (χ1v) is 7.60. The largest absolute Gasteiger partial charge is 0.493 e. The van der Waals surface area contributed by atoms with Gasteiger partial charge in [-0.15, -0.1) is 0 Å². The van der Waals surface area contributed by atoms with Crippen LogP contribution in [0.2, 0.25) is 0 Å². The van der Waals surface area contributed by atoms with E-state index in [1.54, 1.807) is 7.11 Å². The zero-order valence-corrected chi connectivity index (χ0v) is 13.1. The van der Waals surface area contributed by atoms with Crippen LogP contribution in [0.15, 0.2) is 16.6 Å². The van der Waals surface area contributed by atoms with Gasteiger partial charge in [-0.05, 0) is 59.3 Å². The van der Waals surface area contributed by atoms with Crippen molar-refractivity contribution >= 4 is 15.9 Å². The number of benzene rings is 1. The van der Waals surface area contributed by atoms with Gasteiger partial charge in [0, 0.05) is 12.5 Å². The standard InChI is InChI=1S/C15H21BrO3/c1-10(9-17)11-7-13(16)15(14(8-11)18-2)19-12-5-3-4-6-12/h7-8,10,12,17H,3-6,9H2,1-2H3. The van der Waals surface area contributed by atoms with E-state index in [1.165, 1.54) is 12.8 Å². The van der Waals surface area contributed by atoms with Crippen LogP contribution >= 0.6 is 15.9 Å². The van der Waals surface area contributed by atoms with Crippen LogP contribution in [0, 0.1) is 0 Å². The second-order valence-electron chi connectivity index (χ2n) is 5.14. The van der Waals surface area contributed by atoms with Crippen LogP contribution in [0.5, 0.6) is 11.5 Å². The number of hydrogen-bond donors (Lipinski definition) is 1. The first kappa shape index (κ1) is 14.7. The first-order valence-electron chi connectivity index (χ1n) is 6.80. The van der Waals surface area contributed by atoms with Gasteiger partial charge in [0.05, 0.1) is 17.7 Å². The van der Waals surface area contributed by atoms with E-state index < -0.39 is 0 Å². The summed E-state index contributed by atoms with van der Waals surface area (Å²) in [5.74, 6) is 1.60. The van der Waals surface area contributed by atoms with Crippen LogP contribution in [0.25, 0.3) is 0 Å². The number of methoxy groups -OCH3 is 1. The summed E-state index contributed by atoms with van der Waals surface area (Å²) < 4.78 is 12.4. The van der Waals surface area contributed by atoms with Crippen molar-refractivity contribution in [3.05, 3.63) is 22.2 Å². The zero-order valence-electron chi connectivity index (χ0n) is 11.5. The van der Waals surface area contributed by atoms with Gasteiger partial charge >= 0.3 is 0 Å². The molecule has 1 aliphatic rings. The quantitative estimate of drug-likeness (QED) is 0.891. The van der Waals surface area contributed by atoms with Crippen molar-refractivity contribution in [2.45, 2.75) is 44.6 Å². The maximum atomic E-state index is 9.25. The molecule has 1 atom stereocenters. The maximum absolute atomic E-state index is 9.25. The predicted octanol–water partition coefficient (Wildman–Crippen LogP) is 3.87. The van der Waals surface area contributed by atoms with Crippen LogP contribution in [0.4, 0.5) is 0 Å². The highest BCUT2D eigenvalue weighted by molar-refractivity contribution is 9.10. The molecule has 3 nitrogen and oxygen atoms in total. The predicted molar refractivity (Wildman–Crippen MR) is 79.1 cm³/mol. The Balaban J connectivity index is 2.26. The Morgan fingerprint density at radius 1 is 1.37 bits per heavy atom. The fraction of sp³-hybridized carbons (Fsp3) is 0.600. The summed E-state index contributed by atoms with van der Waals surface area (Å²) in [5, 5.41) is 9.25. The SMILES string of the molecule is COc1cc(C(C)CO)cc(Br)c1OC1CCCC1. The first-order chi connectivity index (χ1) is 9.15. The number of hydrogen-bond acceptors (Lipinski definition) is 3. The third-order valence-corrected chi connectivity index (χ3v) is 4.27. The van der Waals surface area contributed by atoms with E-state index in [0.29, 0.717) is 6.10 Å². The summed E-state index contributed by atoms with van der Waals surface area (Å²) in [7, 11) is 1.65. The van der Waals surface area contributed by atoms with E-state index in [1.807, 2.05) is 19.1 Å². The minimum Gasteiger partial charge on any atom is -0.493 e. The van der Waals surface area contributed by atoms with Crippen molar-refractivity contribution in [2.75, 3.05) is 13.7 Å². The number of rotatable bonds is 5. The van der Waals surface area contributed by atoms with Crippen molar-refractivity contribution in [2.24, 2.45) is 0 Å². The monoisotopic (exact) mass is 328 g/mol. The van der Waals surface area contributed by atoms with Gasteiger partial charge in [0.25, 0.3) is 0 Å². The van der Waals surface area contributed by atoms with E-state index in [4.69, 9.17) is 9.47 Å². The number of halogens is 1. The molecule has 0 spiro atoms. The normalized spacial score (nSPS) is 17.5. The van der Waals surface area contributed by atoms with Gasteiger partial charge in [-0.1, -0.05) is 6.92 Å². The second-order valence-corrected chi connectivity index (χ2v) is 6.00. The van der Waals surface area contributed by atoms with Gasteiger partial charge in [-0.3, -0.25) is 0 Å². The third kappa shape index (κ3) is 3.42. The molecule has 0 heterocycles. The third-order valence-electron chi connectivity index (χ3n) is 3.68. The summed E-state index contributed by atoms with van der Waals surface area (Å²) in [6, 6.07) is 3.96. The maximum Gasteiger partial charge on any atom is 0.175 e. The van der Waals surface area contributed by atoms with E-state index in [2.05, 4.69) is 15.9 Å². The van der Waals surface area contributed by atoms with Crippen molar-refractivity contribution in [3.63, 3.8) is 0 Å². The molecular formula is C15H21BrO3. The van der Waals surface area contributed by atoms with Gasteiger partial charge < -0.3 is 14.6 Å². The van der Waals surface area contributed by atoms with E-state index >= 15 is 0 Å². The van der Waals surface area contributed by atoms with Crippen LogP contribution in [-0.4, -0.2) is 24.9 Å². The summed E-state index contributed by atoms with van der Waals surface area (Å²) in [6.07, 6.45) is 5.01. The highest BCUT2D eigenvalue weighted by atomic mass is 79.9. The zero-order chi connectivity index (χ0) is 13.8. The van der Waals surface area contributed by atoms with Crippen molar-refractivity contribution in [3.8, 4) is 11.5 Å². The topological polar surface area (TPSA) is 38.7 Å². The molecule has 0 radical (unpaired) electrons. The summed E-state index contributed by atoms with van der Waals surface area (Å²) in [5.41, 5.74) is 1.05. The molecule has 1 N–H and O–H groups in total. The van der Waals surface area contributed by atoms with Gasteiger partial charge in [0.2, 0.25) is 0 Å². The lowest BCUT2D eigenvalue weighted by molar-refractivity contribution is 0.199. The molecular weight excluding hydrogens is 308 g/mol. The number of aliphatic hydroxyl groups excluding tert-OH is 1. The molecule has 1 fully saturated rings. The Labute approximate surface area is 123 Å². The number of aliphatic hydroxyl groups is 1. The minimum atomic E-state index is 0.0886. The summed E-state index contributed by atoms with van der Waals surface area (Å²) >= 11 is 3.56. The molecule has 0 aromatic heterocycles. The molecule has 0 amide bonds. The Morgan fingerprint density at radius 2 is 2.05 bits per heavy atom. The molecule has 19 heavy (non-hydrogen) atoms. The Morgan fingerprint density at radius 3 is 2.63 bits per heavy atom. The lowest BCUT2D eigenvalue weighted by Crippen LogP contribution is -2.12. The Kier molecular flexibility index (Phi) is 5.11. The average Bonchev–Trinajstić information content (AvgIpc) is 2.92. The van der Waals surface area contributed by atoms with Crippen LogP contribution in [0.3, 0.4) is 0 Å². The molecule has 1 aliphatic carbocycles. The highest BCUT2D eigenvalue weighted by Crippen LogP contribution is 2.40. The van der Waals surface area contributed by atoms with Gasteiger partial charge in [0.1, 0.15) is 0 Å². The van der Waals surface area contributed by atoms with E-state index in [-0.39, 0.29) is 12.5 Å². The molecule has 2 rings (SSSR count). The van der Waals surface area contributed by atoms with E-state index in [0.717, 1.165) is 34.4 Å². The van der Waals surface area contributed by atoms with Crippen LogP contribution < -0.4 is 9.47 Å². The highest BCUT2D eigenvalue weighted by Gasteiger charge is 2.21.